The van der Waals surface area contributed by atoms with Crippen LogP contribution in [0.5, 0.6) is 0 Å². The van der Waals surface area contributed by atoms with Crippen molar-refractivity contribution in [1.29, 1.82) is 0 Å². The van der Waals surface area contributed by atoms with Gasteiger partial charge in [0.2, 0.25) is 0 Å². The van der Waals surface area contributed by atoms with E-state index in [4.69, 9.17) is 5.73 Å². The molecule has 78 valence electrons. The molecule has 2 aromatic rings. The van der Waals surface area contributed by atoms with E-state index < -0.39 is 11.6 Å². The monoisotopic (exact) mass is 245 g/mol. The van der Waals surface area contributed by atoms with Crippen molar-refractivity contribution < 1.29 is 8.78 Å². The van der Waals surface area contributed by atoms with Crippen molar-refractivity contribution in [2.75, 3.05) is 5.73 Å². The van der Waals surface area contributed by atoms with E-state index in [0.717, 1.165) is 35.4 Å². The molecule has 1 aromatic heterocycles. The Balaban J connectivity index is 2.36. The van der Waals surface area contributed by atoms with Crippen LogP contribution in [0.3, 0.4) is 0 Å². The highest BCUT2D eigenvalue weighted by molar-refractivity contribution is 8.01. The lowest BCUT2D eigenvalue weighted by Crippen LogP contribution is -1.92. The third-order valence-corrected chi connectivity index (χ3v) is 3.36. The van der Waals surface area contributed by atoms with Crippen molar-refractivity contribution in [3.05, 3.63) is 30.1 Å². The minimum Gasteiger partial charge on any atom is -0.399 e. The second kappa shape index (κ2) is 4.11. The Bertz CT molecular complexity index is 450. The van der Waals surface area contributed by atoms with Crippen molar-refractivity contribution in [3.8, 4) is 0 Å². The molecule has 1 aromatic carbocycles. The summed E-state index contributed by atoms with van der Waals surface area (Å²) in [5.41, 5.74) is 5.35. The number of benzene rings is 1. The van der Waals surface area contributed by atoms with Gasteiger partial charge in [-0.3, -0.25) is 0 Å². The van der Waals surface area contributed by atoms with E-state index >= 15 is 0 Å². The van der Waals surface area contributed by atoms with Gasteiger partial charge in [-0.15, -0.1) is 0 Å². The first-order valence-electron chi connectivity index (χ1n) is 3.86. The predicted octanol–water partition coefficient (Wildman–Crippen LogP) is 2.55. The fraction of sp³-hybridized carbons (Fsp3) is 0. The first-order chi connectivity index (χ1) is 7.16. The van der Waals surface area contributed by atoms with E-state index in [1.807, 2.05) is 0 Å². The summed E-state index contributed by atoms with van der Waals surface area (Å²) in [5, 5.41) is 0. The van der Waals surface area contributed by atoms with Gasteiger partial charge in [0.15, 0.2) is 4.34 Å². The summed E-state index contributed by atoms with van der Waals surface area (Å²) in [7, 11) is 0. The van der Waals surface area contributed by atoms with Gasteiger partial charge in [0.25, 0.3) is 0 Å². The maximum atomic E-state index is 13.3. The Morgan fingerprint density at radius 1 is 1.27 bits per heavy atom. The maximum absolute atomic E-state index is 13.3. The van der Waals surface area contributed by atoms with E-state index in [1.54, 1.807) is 0 Å². The van der Waals surface area contributed by atoms with Gasteiger partial charge in [-0.05, 0) is 23.7 Å². The summed E-state index contributed by atoms with van der Waals surface area (Å²) < 4.78 is 30.9. The molecular formula is C8H5F2N3S2. The zero-order valence-electron chi connectivity index (χ0n) is 7.28. The third-order valence-electron chi connectivity index (χ3n) is 1.55. The van der Waals surface area contributed by atoms with E-state index in [-0.39, 0.29) is 10.6 Å². The van der Waals surface area contributed by atoms with Crippen molar-refractivity contribution >= 4 is 29.0 Å². The molecule has 0 aliphatic carbocycles. The minimum atomic E-state index is -0.687. The number of halogens is 2. The molecule has 7 heteroatoms. The lowest BCUT2D eigenvalue weighted by Gasteiger charge is -2.02. The molecule has 15 heavy (non-hydrogen) atoms. The molecular weight excluding hydrogens is 240 g/mol. The Morgan fingerprint density at radius 3 is 2.47 bits per heavy atom. The lowest BCUT2D eigenvalue weighted by molar-refractivity contribution is 0.542. The fourth-order valence-corrected chi connectivity index (χ4v) is 2.37. The number of anilines is 1. The quantitative estimate of drug-likeness (QED) is 0.826. The summed E-state index contributed by atoms with van der Waals surface area (Å²) >= 11 is 1.97. The van der Waals surface area contributed by atoms with Gasteiger partial charge in [-0.25, -0.2) is 13.8 Å². The van der Waals surface area contributed by atoms with Crippen LogP contribution in [0.4, 0.5) is 14.5 Å². The van der Waals surface area contributed by atoms with Crippen molar-refractivity contribution in [1.82, 2.24) is 9.36 Å². The van der Waals surface area contributed by atoms with Crippen molar-refractivity contribution in [3.63, 3.8) is 0 Å². The number of aromatic nitrogens is 2. The molecule has 0 aliphatic heterocycles. The van der Waals surface area contributed by atoms with Gasteiger partial charge in [0, 0.05) is 5.69 Å². The molecule has 2 rings (SSSR count). The van der Waals surface area contributed by atoms with E-state index in [0.29, 0.717) is 4.34 Å². The standard InChI is InChI=1S/C8H5F2N3S2/c9-5-1-4(11)2-6(10)7(5)14-8-12-3-13-15-8/h1-3H,11H2. The van der Waals surface area contributed by atoms with E-state index in [9.17, 15) is 8.78 Å². The van der Waals surface area contributed by atoms with Gasteiger partial charge < -0.3 is 5.73 Å². The van der Waals surface area contributed by atoms with Crippen LogP contribution in [0.1, 0.15) is 0 Å². The molecule has 3 nitrogen and oxygen atoms in total. The molecule has 0 aliphatic rings. The van der Waals surface area contributed by atoms with Crippen molar-refractivity contribution in [2.45, 2.75) is 9.24 Å². The number of hydrogen-bond acceptors (Lipinski definition) is 5. The highest BCUT2D eigenvalue weighted by Gasteiger charge is 2.13. The maximum Gasteiger partial charge on any atom is 0.174 e. The average molecular weight is 245 g/mol. The molecule has 0 spiro atoms. The SMILES string of the molecule is Nc1cc(F)c(Sc2ncns2)c(F)c1. The predicted molar refractivity (Wildman–Crippen MR) is 54.8 cm³/mol. The second-order valence-corrected chi connectivity index (χ2v) is 4.66. The molecule has 0 fully saturated rings. The zero-order chi connectivity index (χ0) is 10.8. The first kappa shape index (κ1) is 10.3. The van der Waals surface area contributed by atoms with E-state index in [2.05, 4.69) is 9.36 Å². The molecule has 0 amide bonds. The minimum absolute atomic E-state index is 0.0617. The fourth-order valence-electron chi connectivity index (χ4n) is 0.972. The normalized spacial score (nSPS) is 10.5. The zero-order valence-corrected chi connectivity index (χ0v) is 8.91. The van der Waals surface area contributed by atoms with Crippen LogP contribution >= 0.6 is 23.3 Å². The summed E-state index contributed by atoms with van der Waals surface area (Å²) in [6.07, 6.45) is 1.33. The highest BCUT2D eigenvalue weighted by Crippen LogP contribution is 2.33. The third kappa shape index (κ3) is 2.24. The van der Waals surface area contributed by atoms with Gasteiger partial charge in [-0.2, -0.15) is 4.37 Å². The van der Waals surface area contributed by atoms with Crippen LogP contribution in [0.2, 0.25) is 0 Å². The van der Waals surface area contributed by atoms with E-state index in [1.165, 1.54) is 6.33 Å². The molecule has 1 heterocycles. The number of rotatable bonds is 2. The Morgan fingerprint density at radius 2 is 1.93 bits per heavy atom. The van der Waals surface area contributed by atoms with Crippen LogP contribution in [0, 0.1) is 11.6 Å². The Hall–Kier alpha value is -1.21. The van der Waals surface area contributed by atoms with Crippen LogP contribution in [0.25, 0.3) is 0 Å². The van der Waals surface area contributed by atoms with Crippen LogP contribution < -0.4 is 5.73 Å². The number of nitrogens with two attached hydrogens (primary N) is 1. The molecule has 0 unspecified atom stereocenters. The van der Waals surface area contributed by atoms with Gasteiger partial charge in [0.1, 0.15) is 18.0 Å². The average Bonchev–Trinajstić information content (AvgIpc) is 2.63. The highest BCUT2D eigenvalue weighted by atomic mass is 32.2. The smallest absolute Gasteiger partial charge is 0.174 e. The molecule has 2 N–H and O–H groups in total. The Kier molecular flexibility index (Phi) is 2.83. The Labute approximate surface area is 92.5 Å². The molecule has 0 saturated heterocycles. The van der Waals surface area contributed by atoms with Crippen LogP contribution in [-0.4, -0.2) is 9.36 Å². The van der Waals surface area contributed by atoms with Gasteiger partial charge >= 0.3 is 0 Å². The van der Waals surface area contributed by atoms with Gasteiger partial charge in [0.05, 0.1) is 4.90 Å². The molecule has 0 bridgehead atoms. The summed E-state index contributed by atoms with van der Waals surface area (Å²) in [6, 6.07) is 2.15. The van der Waals surface area contributed by atoms with Gasteiger partial charge in [-0.1, -0.05) is 11.8 Å². The van der Waals surface area contributed by atoms with Crippen LogP contribution in [0.15, 0.2) is 27.7 Å². The number of hydrogen-bond donors (Lipinski definition) is 1. The lowest BCUT2D eigenvalue weighted by atomic mass is 10.3. The molecule has 0 radical (unpaired) electrons. The number of nitrogens with zero attached hydrogens (tertiary/aromatic N) is 2. The number of nitrogen functional groups attached to an aromatic ring is 1. The van der Waals surface area contributed by atoms with Crippen molar-refractivity contribution in [2.24, 2.45) is 0 Å². The largest absolute Gasteiger partial charge is 0.399 e. The molecule has 0 saturated carbocycles. The second-order valence-electron chi connectivity index (χ2n) is 2.62. The molecule has 0 atom stereocenters. The first-order valence-corrected chi connectivity index (χ1v) is 5.45. The summed E-state index contributed by atoms with van der Waals surface area (Å²) in [4.78, 5) is 3.71. The summed E-state index contributed by atoms with van der Waals surface area (Å²) in [5.74, 6) is -1.37. The van der Waals surface area contributed by atoms with Crippen LogP contribution in [-0.2, 0) is 0 Å². The topological polar surface area (TPSA) is 51.8 Å². The summed E-state index contributed by atoms with van der Waals surface area (Å²) in [6.45, 7) is 0.